The Bertz CT molecular complexity index is 1010. The number of urea groups is 1. The SMILES string of the molecule is CC1c2cccn2CCN1C(=O)NCC(c1ccccc1)N1CCc2sccc2C1. The summed E-state index contributed by atoms with van der Waals surface area (Å²) in [5.74, 6) is 0. The summed E-state index contributed by atoms with van der Waals surface area (Å²) in [6.45, 7) is 6.30. The number of rotatable bonds is 4. The molecule has 156 valence electrons. The number of carbonyl (C=O) groups is 1. The van der Waals surface area contributed by atoms with Gasteiger partial charge in [0.1, 0.15) is 0 Å². The van der Waals surface area contributed by atoms with E-state index in [0.717, 1.165) is 32.6 Å². The minimum atomic E-state index is 0.0316. The standard InChI is InChI=1S/C24H28N4OS/c1-18-21-8-5-11-26(21)13-14-28(18)24(29)25-16-22(19-6-3-2-4-7-19)27-12-9-23-20(17-27)10-15-30-23/h2-8,10-11,15,18,22H,9,12-14,16-17H2,1H3,(H,25,29). The third-order valence-corrected chi connectivity index (χ3v) is 7.53. The van der Waals surface area contributed by atoms with Crippen LogP contribution in [0.15, 0.2) is 60.1 Å². The van der Waals surface area contributed by atoms with Crippen LogP contribution in [0.25, 0.3) is 0 Å². The van der Waals surface area contributed by atoms with Gasteiger partial charge in [-0.1, -0.05) is 30.3 Å². The molecule has 0 fully saturated rings. The first-order chi connectivity index (χ1) is 14.7. The fourth-order valence-electron chi connectivity index (χ4n) is 4.81. The molecule has 0 radical (unpaired) electrons. The van der Waals surface area contributed by atoms with Crippen LogP contribution in [-0.4, -0.2) is 40.0 Å². The predicted molar refractivity (Wildman–Crippen MR) is 121 cm³/mol. The lowest BCUT2D eigenvalue weighted by molar-refractivity contribution is 0.148. The van der Waals surface area contributed by atoms with Crippen molar-refractivity contribution in [3.8, 4) is 0 Å². The molecular weight excluding hydrogens is 392 g/mol. The number of nitrogens with one attached hydrogen (secondary N) is 1. The quantitative estimate of drug-likeness (QED) is 0.678. The third-order valence-electron chi connectivity index (χ3n) is 6.51. The van der Waals surface area contributed by atoms with Crippen LogP contribution in [0.3, 0.4) is 0 Å². The highest BCUT2D eigenvalue weighted by Gasteiger charge is 2.30. The maximum Gasteiger partial charge on any atom is 0.318 e. The van der Waals surface area contributed by atoms with Crippen molar-refractivity contribution in [2.45, 2.75) is 38.5 Å². The third kappa shape index (κ3) is 3.66. The zero-order valence-corrected chi connectivity index (χ0v) is 18.1. The van der Waals surface area contributed by atoms with Crippen molar-refractivity contribution in [2.75, 3.05) is 19.6 Å². The second-order valence-electron chi connectivity index (χ2n) is 8.20. The van der Waals surface area contributed by atoms with Gasteiger partial charge in [-0.05, 0) is 48.1 Å². The molecule has 0 saturated heterocycles. The largest absolute Gasteiger partial charge is 0.348 e. The van der Waals surface area contributed by atoms with Gasteiger partial charge < -0.3 is 14.8 Å². The van der Waals surface area contributed by atoms with Gasteiger partial charge in [-0.25, -0.2) is 4.79 Å². The van der Waals surface area contributed by atoms with Crippen LogP contribution >= 0.6 is 11.3 Å². The monoisotopic (exact) mass is 420 g/mol. The molecular formula is C24H28N4OS. The Morgan fingerprint density at radius 3 is 2.87 bits per heavy atom. The fourth-order valence-corrected chi connectivity index (χ4v) is 5.70. The Hall–Kier alpha value is -2.57. The lowest BCUT2D eigenvalue weighted by atomic mass is 10.0. The lowest BCUT2D eigenvalue weighted by Gasteiger charge is -2.37. The molecule has 2 aliphatic rings. The zero-order chi connectivity index (χ0) is 20.5. The van der Waals surface area contributed by atoms with Crippen molar-refractivity contribution < 1.29 is 4.79 Å². The topological polar surface area (TPSA) is 40.5 Å². The van der Waals surface area contributed by atoms with Crippen molar-refractivity contribution >= 4 is 17.4 Å². The van der Waals surface area contributed by atoms with Gasteiger partial charge in [-0.15, -0.1) is 11.3 Å². The Balaban J connectivity index is 1.30. The molecule has 5 rings (SSSR count). The van der Waals surface area contributed by atoms with Gasteiger partial charge in [0.05, 0.1) is 12.1 Å². The van der Waals surface area contributed by atoms with Crippen LogP contribution in [0.5, 0.6) is 0 Å². The molecule has 2 atom stereocenters. The van der Waals surface area contributed by atoms with Crippen molar-refractivity contribution in [1.82, 2.24) is 19.7 Å². The van der Waals surface area contributed by atoms with E-state index >= 15 is 0 Å². The average Bonchev–Trinajstić information content (AvgIpc) is 3.44. The number of benzene rings is 1. The van der Waals surface area contributed by atoms with E-state index in [1.165, 1.54) is 21.7 Å². The van der Waals surface area contributed by atoms with Crippen molar-refractivity contribution in [1.29, 1.82) is 0 Å². The molecule has 2 aromatic heterocycles. The van der Waals surface area contributed by atoms with Gasteiger partial charge in [0.25, 0.3) is 0 Å². The van der Waals surface area contributed by atoms with Gasteiger partial charge in [0.2, 0.25) is 0 Å². The van der Waals surface area contributed by atoms with E-state index in [9.17, 15) is 4.79 Å². The van der Waals surface area contributed by atoms with Gasteiger partial charge in [-0.3, -0.25) is 4.90 Å². The number of hydrogen-bond acceptors (Lipinski definition) is 3. The molecule has 3 aromatic rings. The van der Waals surface area contributed by atoms with E-state index in [0.29, 0.717) is 6.54 Å². The summed E-state index contributed by atoms with van der Waals surface area (Å²) in [6.07, 6.45) is 3.19. The Labute approximate surface area is 181 Å². The average molecular weight is 421 g/mol. The number of amides is 2. The minimum absolute atomic E-state index is 0.0316. The van der Waals surface area contributed by atoms with Gasteiger partial charge >= 0.3 is 6.03 Å². The number of thiophene rings is 1. The van der Waals surface area contributed by atoms with Crippen LogP contribution in [0.1, 0.15) is 40.7 Å². The van der Waals surface area contributed by atoms with Crippen LogP contribution in [0, 0.1) is 0 Å². The minimum Gasteiger partial charge on any atom is -0.348 e. The molecule has 2 unspecified atom stereocenters. The maximum atomic E-state index is 13.1. The number of aromatic nitrogens is 1. The van der Waals surface area contributed by atoms with Crippen LogP contribution in [-0.2, 0) is 19.5 Å². The summed E-state index contributed by atoms with van der Waals surface area (Å²) in [6, 6.07) is 17.3. The van der Waals surface area contributed by atoms with Crippen molar-refractivity contribution in [2.24, 2.45) is 0 Å². The molecule has 4 heterocycles. The van der Waals surface area contributed by atoms with Crippen molar-refractivity contribution in [3.05, 3.63) is 81.8 Å². The molecule has 1 N–H and O–H groups in total. The first-order valence-corrected chi connectivity index (χ1v) is 11.6. The van der Waals surface area contributed by atoms with E-state index in [1.54, 1.807) is 0 Å². The van der Waals surface area contributed by atoms with Gasteiger partial charge in [0, 0.05) is 49.5 Å². The van der Waals surface area contributed by atoms with Gasteiger partial charge in [0.15, 0.2) is 0 Å². The summed E-state index contributed by atoms with van der Waals surface area (Å²) in [4.78, 5) is 19.1. The molecule has 2 aliphatic heterocycles. The first-order valence-electron chi connectivity index (χ1n) is 10.7. The van der Waals surface area contributed by atoms with E-state index in [1.807, 2.05) is 16.2 Å². The van der Waals surface area contributed by atoms with Gasteiger partial charge in [-0.2, -0.15) is 0 Å². The second-order valence-corrected chi connectivity index (χ2v) is 9.20. The molecule has 2 amide bonds. The van der Waals surface area contributed by atoms with E-state index in [4.69, 9.17) is 0 Å². The van der Waals surface area contributed by atoms with Crippen LogP contribution in [0.2, 0.25) is 0 Å². The molecule has 30 heavy (non-hydrogen) atoms. The maximum absolute atomic E-state index is 13.1. The number of nitrogens with zero attached hydrogens (tertiary/aromatic N) is 3. The Morgan fingerprint density at radius 2 is 2.00 bits per heavy atom. The predicted octanol–water partition coefficient (Wildman–Crippen LogP) is 4.44. The summed E-state index contributed by atoms with van der Waals surface area (Å²) < 4.78 is 2.24. The zero-order valence-electron chi connectivity index (χ0n) is 17.3. The highest BCUT2D eigenvalue weighted by molar-refractivity contribution is 7.10. The highest BCUT2D eigenvalue weighted by Crippen LogP contribution is 2.30. The summed E-state index contributed by atoms with van der Waals surface area (Å²) in [5, 5.41) is 5.45. The molecule has 0 aliphatic carbocycles. The van der Waals surface area contributed by atoms with E-state index < -0.39 is 0 Å². The van der Waals surface area contributed by atoms with E-state index in [-0.39, 0.29) is 18.1 Å². The number of hydrogen-bond donors (Lipinski definition) is 1. The fraction of sp³-hybridized carbons (Fsp3) is 0.375. The first kappa shape index (κ1) is 19.4. The summed E-state index contributed by atoms with van der Waals surface area (Å²) in [5.41, 5.74) is 3.90. The molecule has 1 aromatic carbocycles. The molecule has 5 nitrogen and oxygen atoms in total. The summed E-state index contributed by atoms with van der Waals surface area (Å²) >= 11 is 1.86. The van der Waals surface area contributed by atoms with Crippen LogP contribution in [0.4, 0.5) is 4.79 Å². The lowest BCUT2D eigenvalue weighted by Crippen LogP contribution is -2.48. The highest BCUT2D eigenvalue weighted by atomic mass is 32.1. The van der Waals surface area contributed by atoms with Crippen molar-refractivity contribution in [3.63, 3.8) is 0 Å². The Morgan fingerprint density at radius 1 is 1.13 bits per heavy atom. The Kier molecular flexibility index (Phi) is 5.35. The summed E-state index contributed by atoms with van der Waals surface area (Å²) in [7, 11) is 0. The molecule has 0 saturated carbocycles. The number of fused-ring (bicyclic) bond motifs is 2. The second kappa shape index (κ2) is 8.28. The van der Waals surface area contributed by atoms with Crippen LogP contribution < -0.4 is 5.32 Å². The normalized spacial score (nSPS) is 19.8. The number of carbonyl (C=O) groups excluding carboxylic acids is 1. The van der Waals surface area contributed by atoms with E-state index in [2.05, 4.69) is 81.8 Å². The molecule has 0 spiro atoms. The molecule has 0 bridgehead atoms. The smallest absolute Gasteiger partial charge is 0.318 e. The molecule has 6 heteroatoms.